The summed E-state index contributed by atoms with van der Waals surface area (Å²) in [7, 11) is 0. The predicted molar refractivity (Wildman–Crippen MR) is 128 cm³/mol. The van der Waals surface area contributed by atoms with E-state index in [1.807, 2.05) is 71.3 Å². The van der Waals surface area contributed by atoms with E-state index in [1.54, 1.807) is 17.2 Å². The maximum atomic E-state index is 13.0. The molecule has 0 saturated heterocycles. The van der Waals surface area contributed by atoms with Gasteiger partial charge in [-0.25, -0.2) is 0 Å². The standard InChI is InChI=1S/C24H21ClN4O2S/c1-2-14-28(20-7-4-3-5-8-20)22(30)17-32-24-27-26-23(18-10-12-19(25)13-11-18)29(24)16-21-9-6-15-31-21/h2-13,15H,1,14,16-17H2. The van der Waals surface area contributed by atoms with Crippen LogP contribution >= 0.6 is 23.4 Å². The Kier molecular flexibility index (Phi) is 7.09. The Morgan fingerprint density at radius 3 is 2.56 bits per heavy atom. The lowest BCUT2D eigenvalue weighted by Gasteiger charge is -2.21. The van der Waals surface area contributed by atoms with Crippen molar-refractivity contribution in [1.82, 2.24) is 14.8 Å². The first kappa shape index (κ1) is 21.9. The number of para-hydroxylation sites is 1. The molecule has 2 aromatic carbocycles. The molecule has 0 aliphatic heterocycles. The summed E-state index contributed by atoms with van der Waals surface area (Å²) in [5.41, 5.74) is 1.71. The first-order chi connectivity index (χ1) is 15.7. The number of benzene rings is 2. The molecule has 0 aliphatic carbocycles. The van der Waals surface area contributed by atoms with E-state index in [1.165, 1.54) is 11.8 Å². The van der Waals surface area contributed by atoms with Crippen molar-refractivity contribution in [2.45, 2.75) is 11.7 Å². The Balaban J connectivity index is 1.58. The lowest BCUT2D eigenvalue weighted by atomic mass is 10.2. The van der Waals surface area contributed by atoms with Crippen LogP contribution < -0.4 is 4.90 Å². The SMILES string of the molecule is C=CCN(C(=O)CSc1nnc(-c2ccc(Cl)cc2)n1Cc1ccco1)c1ccccc1. The topological polar surface area (TPSA) is 64.2 Å². The van der Waals surface area contributed by atoms with Gasteiger partial charge in [0.25, 0.3) is 0 Å². The van der Waals surface area contributed by atoms with Gasteiger partial charge >= 0.3 is 0 Å². The third-order valence-electron chi connectivity index (χ3n) is 4.72. The fraction of sp³-hybridized carbons (Fsp3) is 0.125. The number of furan rings is 1. The fourth-order valence-corrected chi connectivity index (χ4v) is 4.14. The zero-order chi connectivity index (χ0) is 22.3. The van der Waals surface area contributed by atoms with E-state index < -0.39 is 0 Å². The van der Waals surface area contributed by atoms with E-state index >= 15 is 0 Å². The van der Waals surface area contributed by atoms with Gasteiger partial charge in [-0.2, -0.15) is 0 Å². The van der Waals surface area contributed by atoms with Gasteiger partial charge in [-0.1, -0.05) is 47.6 Å². The fourth-order valence-electron chi connectivity index (χ4n) is 3.20. The summed E-state index contributed by atoms with van der Waals surface area (Å²) in [6.45, 7) is 4.66. The summed E-state index contributed by atoms with van der Waals surface area (Å²) in [6, 6.07) is 20.7. The summed E-state index contributed by atoms with van der Waals surface area (Å²) in [4.78, 5) is 14.7. The second-order valence-electron chi connectivity index (χ2n) is 6.90. The molecule has 0 atom stereocenters. The molecule has 1 amide bonds. The van der Waals surface area contributed by atoms with Gasteiger partial charge in [0.15, 0.2) is 11.0 Å². The first-order valence-corrected chi connectivity index (χ1v) is 11.3. The maximum Gasteiger partial charge on any atom is 0.237 e. The van der Waals surface area contributed by atoms with Gasteiger partial charge in [0.2, 0.25) is 5.91 Å². The summed E-state index contributed by atoms with van der Waals surface area (Å²) >= 11 is 7.38. The Hall–Kier alpha value is -3.29. The van der Waals surface area contributed by atoms with Crippen LogP contribution in [0, 0.1) is 0 Å². The van der Waals surface area contributed by atoms with Gasteiger partial charge in [0.05, 0.1) is 18.6 Å². The number of amides is 1. The largest absolute Gasteiger partial charge is 0.467 e. The van der Waals surface area contributed by atoms with Crippen molar-refractivity contribution in [3.8, 4) is 11.4 Å². The Morgan fingerprint density at radius 1 is 1.09 bits per heavy atom. The van der Waals surface area contributed by atoms with Gasteiger partial charge in [-0.05, 0) is 48.5 Å². The van der Waals surface area contributed by atoms with Crippen LogP contribution in [0.3, 0.4) is 0 Å². The molecular weight excluding hydrogens is 444 g/mol. The van der Waals surface area contributed by atoms with Crippen LogP contribution in [0.5, 0.6) is 0 Å². The Morgan fingerprint density at radius 2 is 1.88 bits per heavy atom. The molecule has 0 bridgehead atoms. The summed E-state index contributed by atoms with van der Waals surface area (Å²) in [5, 5.41) is 10.0. The van der Waals surface area contributed by atoms with Gasteiger partial charge in [0.1, 0.15) is 5.76 Å². The quantitative estimate of drug-likeness (QED) is 0.240. The van der Waals surface area contributed by atoms with Gasteiger partial charge in [-0.3, -0.25) is 9.36 Å². The highest BCUT2D eigenvalue weighted by molar-refractivity contribution is 7.99. The highest BCUT2D eigenvalue weighted by atomic mass is 35.5. The molecule has 0 unspecified atom stereocenters. The van der Waals surface area contributed by atoms with E-state index in [9.17, 15) is 4.79 Å². The monoisotopic (exact) mass is 464 g/mol. The Labute approximate surface area is 195 Å². The Bertz CT molecular complexity index is 1170. The van der Waals surface area contributed by atoms with Crippen molar-refractivity contribution in [3.05, 3.63) is 96.4 Å². The minimum absolute atomic E-state index is 0.0401. The highest BCUT2D eigenvalue weighted by Crippen LogP contribution is 2.27. The molecule has 2 aromatic heterocycles. The summed E-state index contributed by atoms with van der Waals surface area (Å²) in [6.07, 6.45) is 3.35. The lowest BCUT2D eigenvalue weighted by Crippen LogP contribution is -2.32. The molecule has 0 fully saturated rings. The van der Waals surface area contributed by atoms with E-state index in [0.29, 0.717) is 29.1 Å². The molecule has 32 heavy (non-hydrogen) atoms. The van der Waals surface area contributed by atoms with Gasteiger partial charge in [-0.15, -0.1) is 16.8 Å². The summed E-state index contributed by atoms with van der Waals surface area (Å²) < 4.78 is 7.48. The molecule has 2 heterocycles. The molecule has 0 N–H and O–H groups in total. The number of hydrogen-bond donors (Lipinski definition) is 0. The highest BCUT2D eigenvalue weighted by Gasteiger charge is 2.19. The number of anilines is 1. The third-order valence-corrected chi connectivity index (χ3v) is 5.92. The van der Waals surface area contributed by atoms with E-state index in [0.717, 1.165) is 17.0 Å². The number of aromatic nitrogens is 3. The lowest BCUT2D eigenvalue weighted by molar-refractivity contribution is -0.116. The van der Waals surface area contributed by atoms with Crippen LogP contribution in [0.1, 0.15) is 5.76 Å². The normalized spacial score (nSPS) is 10.8. The van der Waals surface area contributed by atoms with E-state index in [-0.39, 0.29) is 11.7 Å². The van der Waals surface area contributed by atoms with Gasteiger partial charge < -0.3 is 9.32 Å². The molecule has 6 nitrogen and oxygen atoms in total. The van der Waals surface area contributed by atoms with Crippen molar-refractivity contribution in [2.75, 3.05) is 17.2 Å². The number of halogens is 1. The number of carbonyl (C=O) groups excluding carboxylic acids is 1. The molecule has 0 saturated carbocycles. The number of rotatable bonds is 9. The zero-order valence-corrected chi connectivity index (χ0v) is 18.8. The van der Waals surface area contributed by atoms with E-state index in [2.05, 4.69) is 16.8 Å². The van der Waals surface area contributed by atoms with Crippen LogP contribution in [-0.2, 0) is 11.3 Å². The molecule has 0 aliphatic rings. The van der Waals surface area contributed by atoms with Crippen molar-refractivity contribution in [1.29, 1.82) is 0 Å². The third kappa shape index (κ3) is 5.12. The molecule has 4 aromatic rings. The first-order valence-electron chi connectivity index (χ1n) is 9.96. The van der Waals surface area contributed by atoms with Crippen LogP contribution in [0.4, 0.5) is 5.69 Å². The molecular formula is C24H21ClN4O2S. The summed E-state index contributed by atoms with van der Waals surface area (Å²) in [5.74, 6) is 1.62. The molecule has 4 rings (SSSR count). The van der Waals surface area contributed by atoms with Crippen molar-refractivity contribution in [2.24, 2.45) is 0 Å². The molecule has 8 heteroatoms. The maximum absolute atomic E-state index is 13.0. The van der Waals surface area contributed by atoms with Gasteiger partial charge in [0, 0.05) is 22.8 Å². The van der Waals surface area contributed by atoms with Crippen LogP contribution in [0.15, 0.2) is 95.2 Å². The second kappa shape index (κ2) is 10.3. The van der Waals surface area contributed by atoms with Crippen LogP contribution in [-0.4, -0.2) is 33.0 Å². The van der Waals surface area contributed by atoms with E-state index in [4.69, 9.17) is 16.0 Å². The second-order valence-corrected chi connectivity index (χ2v) is 8.27. The number of thioether (sulfide) groups is 1. The minimum atomic E-state index is -0.0401. The average Bonchev–Trinajstić information content (AvgIpc) is 3.47. The van der Waals surface area contributed by atoms with Crippen molar-refractivity contribution >= 4 is 35.0 Å². The number of carbonyl (C=O) groups is 1. The number of nitrogens with zero attached hydrogens (tertiary/aromatic N) is 4. The minimum Gasteiger partial charge on any atom is -0.467 e. The number of hydrogen-bond acceptors (Lipinski definition) is 5. The van der Waals surface area contributed by atoms with Crippen molar-refractivity contribution in [3.63, 3.8) is 0 Å². The van der Waals surface area contributed by atoms with Crippen LogP contribution in [0.2, 0.25) is 5.02 Å². The molecule has 162 valence electrons. The molecule has 0 spiro atoms. The zero-order valence-electron chi connectivity index (χ0n) is 17.2. The molecule has 0 radical (unpaired) electrons. The van der Waals surface area contributed by atoms with Crippen LogP contribution in [0.25, 0.3) is 11.4 Å². The smallest absolute Gasteiger partial charge is 0.237 e. The predicted octanol–water partition coefficient (Wildman–Crippen LogP) is 5.55. The van der Waals surface area contributed by atoms with Crippen molar-refractivity contribution < 1.29 is 9.21 Å². The average molecular weight is 465 g/mol.